The van der Waals surface area contributed by atoms with Crippen LogP contribution in [-0.4, -0.2) is 23.1 Å². The number of rotatable bonds is 6. The Hall–Kier alpha value is -1.54. The molecule has 0 aliphatic rings. The molecule has 0 aliphatic carbocycles. The molecule has 0 fully saturated rings. The van der Waals surface area contributed by atoms with Crippen molar-refractivity contribution in [2.45, 2.75) is 33.2 Å². The monoisotopic (exact) mass is 257 g/mol. The third-order valence-electron chi connectivity index (χ3n) is 3.48. The van der Waals surface area contributed by atoms with Crippen LogP contribution in [0.2, 0.25) is 0 Å². The number of fused-ring (bicyclic) bond motifs is 1. The molecule has 0 radical (unpaired) electrons. The number of hydrogen-bond acceptors (Lipinski definition) is 2. The number of hydrogen-bond donors (Lipinski definition) is 1. The average molecular weight is 257 g/mol. The Balaban J connectivity index is 2.34. The molecule has 2 aromatic rings. The van der Waals surface area contributed by atoms with Gasteiger partial charge < -0.3 is 5.11 Å². The highest BCUT2D eigenvalue weighted by atomic mass is 16.3. The van der Waals surface area contributed by atoms with Crippen LogP contribution in [0.4, 0.5) is 0 Å². The van der Waals surface area contributed by atoms with Gasteiger partial charge in [-0.3, -0.25) is 4.90 Å². The fraction of sp³-hybridized carbons (Fsp3) is 0.412. The van der Waals surface area contributed by atoms with E-state index in [0.717, 1.165) is 38.0 Å². The predicted molar refractivity (Wildman–Crippen MR) is 81.5 cm³/mol. The van der Waals surface area contributed by atoms with Gasteiger partial charge in [-0.15, -0.1) is 0 Å². The Morgan fingerprint density at radius 2 is 1.63 bits per heavy atom. The molecule has 0 saturated carbocycles. The molecule has 0 spiro atoms. The molecule has 2 nitrogen and oxygen atoms in total. The second kappa shape index (κ2) is 6.58. The number of aromatic hydroxyl groups is 1. The summed E-state index contributed by atoms with van der Waals surface area (Å²) in [5.74, 6) is 0.413. The summed E-state index contributed by atoms with van der Waals surface area (Å²) in [6.45, 7) is 7.39. The lowest BCUT2D eigenvalue weighted by molar-refractivity contribution is 0.264. The summed E-state index contributed by atoms with van der Waals surface area (Å²) in [4.78, 5) is 2.42. The highest BCUT2D eigenvalue weighted by Gasteiger charge is 2.11. The lowest BCUT2D eigenvalue weighted by atomic mass is 10.0. The highest BCUT2D eigenvalue weighted by molar-refractivity contribution is 5.87. The van der Waals surface area contributed by atoms with Crippen molar-refractivity contribution in [3.05, 3.63) is 42.0 Å². The van der Waals surface area contributed by atoms with Gasteiger partial charge in [0.25, 0.3) is 0 Å². The quantitative estimate of drug-likeness (QED) is 0.839. The van der Waals surface area contributed by atoms with Gasteiger partial charge in [0.1, 0.15) is 5.75 Å². The van der Waals surface area contributed by atoms with E-state index >= 15 is 0 Å². The number of phenolic OH excluding ortho intramolecular Hbond substituents is 1. The molecular weight excluding hydrogens is 234 g/mol. The first-order valence-electron chi connectivity index (χ1n) is 7.18. The number of phenols is 1. The zero-order valence-corrected chi connectivity index (χ0v) is 11.9. The summed E-state index contributed by atoms with van der Waals surface area (Å²) < 4.78 is 0. The van der Waals surface area contributed by atoms with Crippen molar-refractivity contribution in [3.63, 3.8) is 0 Å². The summed E-state index contributed by atoms with van der Waals surface area (Å²) in [7, 11) is 0. The first-order valence-corrected chi connectivity index (χ1v) is 7.18. The first kappa shape index (κ1) is 13.9. The Morgan fingerprint density at radius 1 is 0.947 bits per heavy atom. The summed E-state index contributed by atoms with van der Waals surface area (Å²) >= 11 is 0. The molecule has 2 heteroatoms. The fourth-order valence-electron chi connectivity index (χ4n) is 2.62. The normalized spacial score (nSPS) is 11.3. The highest BCUT2D eigenvalue weighted by Crippen LogP contribution is 2.28. The Labute approximate surface area is 115 Å². The van der Waals surface area contributed by atoms with E-state index in [2.05, 4.69) is 30.9 Å². The molecule has 2 rings (SSSR count). The zero-order valence-electron chi connectivity index (χ0n) is 11.9. The van der Waals surface area contributed by atoms with Crippen LogP contribution >= 0.6 is 0 Å². The molecule has 19 heavy (non-hydrogen) atoms. The molecule has 0 aromatic heterocycles. The van der Waals surface area contributed by atoms with Crippen molar-refractivity contribution in [2.75, 3.05) is 13.1 Å². The van der Waals surface area contributed by atoms with E-state index in [-0.39, 0.29) is 0 Å². The lowest BCUT2D eigenvalue weighted by Gasteiger charge is -2.22. The Bertz CT molecular complexity index is 530. The molecule has 0 bridgehead atoms. The van der Waals surface area contributed by atoms with Crippen molar-refractivity contribution >= 4 is 10.8 Å². The first-order chi connectivity index (χ1) is 9.26. The zero-order chi connectivity index (χ0) is 13.7. The van der Waals surface area contributed by atoms with Crippen molar-refractivity contribution in [1.82, 2.24) is 4.90 Å². The molecule has 2 aromatic carbocycles. The minimum Gasteiger partial charge on any atom is -0.508 e. The van der Waals surface area contributed by atoms with E-state index < -0.39 is 0 Å². The molecule has 0 amide bonds. The summed E-state index contributed by atoms with van der Waals surface area (Å²) in [6, 6.07) is 12.1. The molecule has 0 saturated heterocycles. The van der Waals surface area contributed by atoms with Crippen LogP contribution in [0.1, 0.15) is 32.3 Å². The Kier molecular flexibility index (Phi) is 4.80. The molecule has 1 N–H and O–H groups in total. The maximum atomic E-state index is 10.2. The van der Waals surface area contributed by atoms with Crippen LogP contribution in [-0.2, 0) is 6.54 Å². The van der Waals surface area contributed by atoms with Crippen LogP contribution < -0.4 is 0 Å². The lowest BCUT2D eigenvalue weighted by Crippen LogP contribution is -2.25. The third kappa shape index (κ3) is 3.27. The van der Waals surface area contributed by atoms with Gasteiger partial charge in [-0.1, -0.05) is 44.2 Å². The minimum atomic E-state index is 0.413. The largest absolute Gasteiger partial charge is 0.508 e. The average Bonchev–Trinajstić information content (AvgIpc) is 2.42. The summed E-state index contributed by atoms with van der Waals surface area (Å²) in [5, 5.41) is 12.5. The minimum absolute atomic E-state index is 0.413. The van der Waals surface area contributed by atoms with Crippen molar-refractivity contribution in [2.24, 2.45) is 0 Å². The summed E-state index contributed by atoms with van der Waals surface area (Å²) in [5.41, 5.74) is 1.06. The van der Waals surface area contributed by atoms with Gasteiger partial charge in [-0.25, -0.2) is 0 Å². The molecular formula is C17H23NO. The standard InChI is InChI=1S/C17H23NO/c1-3-11-18(12-4-2)13-16-15-8-6-5-7-14(15)9-10-17(16)19/h5-10,19H,3-4,11-13H2,1-2H3. The third-order valence-corrected chi connectivity index (χ3v) is 3.48. The molecule has 0 aliphatic heterocycles. The predicted octanol–water partition coefficient (Wildman–Crippen LogP) is 4.17. The van der Waals surface area contributed by atoms with Crippen LogP contribution in [0.3, 0.4) is 0 Å². The second-order valence-corrected chi connectivity index (χ2v) is 5.06. The van der Waals surface area contributed by atoms with Crippen LogP contribution in [0, 0.1) is 0 Å². The van der Waals surface area contributed by atoms with Crippen LogP contribution in [0.25, 0.3) is 10.8 Å². The van der Waals surface area contributed by atoms with Gasteiger partial charge in [-0.05, 0) is 42.8 Å². The molecule has 102 valence electrons. The maximum absolute atomic E-state index is 10.2. The molecule has 0 unspecified atom stereocenters. The van der Waals surface area contributed by atoms with E-state index in [1.807, 2.05) is 24.3 Å². The van der Waals surface area contributed by atoms with Gasteiger partial charge in [-0.2, -0.15) is 0 Å². The van der Waals surface area contributed by atoms with Gasteiger partial charge in [0.05, 0.1) is 0 Å². The number of nitrogens with zero attached hydrogens (tertiary/aromatic N) is 1. The maximum Gasteiger partial charge on any atom is 0.120 e. The van der Waals surface area contributed by atoms with Crippen molar-refractivity contribution in [1.29, 1.82) is 0 Å². The smallest absolute Gasteiger partial charge is 0.120 e. The van der Waals surface area contributed by atoms with Crippen molar-refractivity contribution < 1.29 is 5.11 Å². The van der Waals surface area contributed by atoms with Gasteiger partial charge in [0, 0.05) is 12.1 Å². The van der Waals surface area contributed by atoms with Crippen molar-refractivity contribution in [3.8, 4) is 5.75 Å². The van der Waals surface area contributed by atoms with Gasteiger partial charge >= 0.3 is 0 Å². The fourth-order valence-corrected chi connectivity index (χ4v) is 2.62. The SMILES string of the molecule is CCCN(CCC)Cc1c(O)ccc2ccccc12. The van der Waals surface area contributed by atoms with E-state index in [0.29, 0.717) is 5.75 Å². The Morgan fingerprint density at radius 3 is 2.32 bits per heavy atom. The van der Waals surface area contributed by atoms with Crippen LogP contribution in [0.15, 0.2) is 36.4 Å². The summed E-state index contributed by atoms with van der Waals surface area (Å²) in [6.07, 6.45) is 2.29. The second-order valence-electron chi connectivity index (χ2n) is 5.06. The van der Waals surface area contributed by atoms with E-state index in [1.165, 1.54) is 10.8 Å². The molecule has 0 heterocycles. The number of benzene rings is 2. The van der Waals surface area contributed by atoms with Gasteiger partial charge in [0.15, 0.2) is 0 Å². The van der Waals surface area contributed by atoms with Crippen LogP contribution in [0.5, 0.6) is 5.75 Å². The molecule has 0 atom stereocenters. The van der Waals surface area contributed by atoms with Gasteiger partial charge in [0.2, 0.25) is 0 Å². The topological polar surface area (TPSA) is 23.5 Å². The van der Waals surface area contributed by atoms with E-state index in [9.17, 15) is 5.11 Å². The van der Waals surface area contributed by atoms with E-state index in [4.69, 9.17) is 0 Å². The van der Waals surface area contributed by atoms with E-state index in [1.54, 1.807) is 0 Å².